The van der Waals surface area contributed by atoms with Gasteiger partial charge in [-0.05, 0) is 30.5 Å². The van der Waals surface area contributed by atoms with Gasteiger partial charge in [0, 0.05) is 10.9 Å². The fourth-order valence-corrected chi connectivity index (χ4v) is 2.23. The monoisotopic (exact) mass is 275 g/mol. The number of rotatable bonds is 4. The Kier molecular flexibility index (Phi) is 4.16. The van der Waals surface area contributed by atoms with Gasteiger partial charge >= 0.3 is 0 Å². The first-order valence-electron chi connectivity index (χ1n) is 6.10. The van der Waals surface area contributed by atoms with Crippen LogP contribution in [0.4, 0.5) is 5.13 Å². The number of aromatic nitrogens is 1. The molecule has 19 heavy (non-hydrogen) atoms. The predicted octanol–water partition coefficient (Wildman–Crippen LogP) is 3.73. The molecule has 0 atom stereocenters. The van der Waals surface area contributed by atoms with Crippen LogP contribution in [-0.2, 0) is 0 Å². The van der Waals surface area contributed by atoms with Crippen LogP contribution >= 0.6 is 11.3 Å². The number of nitrogens with zero attached hydrogens (tertiary/aromatic N) is 2. The smallest absolute Gasteiger partial charge is 0.203 e. The summed E-state index contributed by atoms with van der Waals surface area (Å²) in [5.41, 5.74) is 5.69. The van der Waals surface area contributed by atoms with Crippen molar-refractivity contribution in [2.24, 2.45) is 5.10 Å². The number of thiazole rings is 1. The van der Waals surface area contributed by atoms with Gasteiger partial charge in [-0.15, -0.1) is 11.3 Å². The zero-order valence-corrected chi connectivity index (χ0v) is 12.0. The minimum Gasteiger partial charge on any atom is -0.507 e. The molecule has 2 aromatic rings. The summed E-state index contributed by atoms with van der Waals surface area (Å²) in [5.74, 6) is 0.646. The van der Waals surface area contributed by atoms with Crippen LogP contribution in [0, 0.1) is 6.92 Å². The lowest BCUT2D eigenvalue weighted by atomic mass is 10.0. The second kappa shape index (κ2) is 5.84. The summed E-state index contributed by atoms with van der Waals surface area (Å²) in [6.07, 6.45) is 1.61. The number of hydrogen-bond donors (Lipinski definition) is 2. The largest absolute Gasteiger partial charge is 0.507 e. The zero-order valence-electron chi connectivity index (χ0n) is 11.2. The number of aryl methyl sites for hydroxylation is 1. The van der Waals surface area contributed by atoms with Crippen LogP contribution in [0.2, 0.25) is 0 Å². The summed E-state index contributed by atoms with van der Waals surface area (Å²) in [4.78, 5) is 4.24. The van der Waals surface area contributed by atoms with Gasteiger partial charge in [-0.3, -0.25) is 5.43 Å². The molecule has 0 spiro atoms. The normalized spacial score (nSPS) is 11.4. The molecule has 0 fully saturated rings. The minimum absolute atomic E-state index is 0.227. The minimum atomic E-state index is 0.227. The average Bonchev–Trinajstić information content (AvgIpc) is 2.77. The van der Waals surface area contributed by atoms with Gasteiger partial charge in [0.1, 0.15) is 5.75 Å². The lowest BCUT2D eigenvalue weighted by molar-refractivity contribution is 0.474. The van der Waals surface area contributed by atoms with Crippen LogP contribution in [0.3, 0.4) is 0 Å². The van der Waals surface area contributed by atoms with Gasteiger partial charge in [-0.2, -0.15) is 5.10 Å². The Hall–Kier alpha value is -1.88. The average molecular weight is 275 g/mol. The maximum absolute atomic E-state index is 9.79. The fraction of sp³-hybridized carbons (Fsp3) is 0.286. The third-order valence-corrected chi connectivity index (χ3v) is 3.57. The molecule has 1 heterocycles. The van der Waals surface area contributed by atoms with E-state index in [1.54, 1.807) is 12.3 Å². The number of phenols is 1. The molecule has 1 aromatic carbocycles. The summed E-state index contributed by atoms with van der Waals surface area (Å²) >= 11 is 1.50. The molecule has 0 aliphatic heterocycles. The summed E-state index contributed by atoms with van der Waals surface area (Å²) in [6, 6.07) is 5.57. The van der Waals surface area contributed by atoms with E-state index in [0.717, 1.165) is 10.8 Å². The molecule has 0 radical (unpaired) electrons. The van der Waals surface area contributed by atoms with Crippen LogP contribution in [0.1, 0.15) is 36.6 Å². The van der Waals surface area contributed by atoms with Crippen molar-refractivity contribution >= 4 is 22.7 Å². The topological polar surface area (TPSA) is 57.5 Å². The molecule has 0 saturated carbocycles. The number of phenolic OH excluding ortho intramolecular Hbond substituents is 1. The molecule has 0 saturated heterocycles. The Labute approximate surface area is 116 Å². The molecule has 0 aliphatic carbocycles. The van der Waals surface area contributed by atoms with Crippen molar-refractivity contribution in [1.82, 2.24) is 4.98 Å². The molecule has 100 valence electrons. The van der Waals surface area contributed by atoms with E-state index in [4.69, 9.17) is 0 Å². The van der Waals surface area contributed by atoms with Gasteiger partial charge in [-0.1, -0.05) is 19.9 Å². The molecule has 0 amide bonds. The van der Waals surface area contributed by atoms with Crippen molar-refractivity contribution < 1.29 is 5.11 Å². The van der Waals surface area contributed by atoms with Crippen molar-refractivity contribution in [3.05, 3.63) is 40.4 Å². The van der Waals surface area contributed by atoms with Crippen LogP contribution in [0.15, 0.2) is 28.7 Å². The number of nitrogens with one attached hydrogen (secondary N) is 1. The number of hydrazone groups is 1. The Morgan fingerprint density at radius 3 is 2.84 bits per heavy atom. The number of anilines is 1. The van der Waals surface area contributed by atoms with Crippen molar-refractivity contribution in [3.63, 3.8) is 0 Å². The lowest BCUT2D eigenvalue weighted by Gasteiger charge is -2.07. The summed E-state index contributed by atoms with van der Waals surface area (Å²) in [5, 5.41) is 16.6. The van der Waals surface area contributed by atoms with Crippen molar-refractivity contribution in [2.45, 2.75) is 26.7 Å². The summed E-state index contributed by atoms with van der Waals surface area (Å²) < 4.78 is 0. The van der Waals surface area contributed by atoms with Gasteiger partial charge in [0.25, 0.3) is 0 Å². The van der Waals surface area contributed by atoms with E-state index in [0.29, 0.717) is 11.5 Å². The second-order valence-corrected chi connectivity index (χ2v) is 5.50. The van der Waals surface area contributed by atoms with Crippen molar-refractivity contribution in [2.75, 3.05) is 5.43 Å². The summed E-state index contributed by atoms with van der Waals surface area (Å²) in [6.45, 7) is 6.16. The first-order valence-corrected chi connectivity index (χ1v) is 6.98. The molecule has 1 aromatic heterocycles. The quantitative estimate of drug-likeness (QED) is 0.660. The number of aromatic hydroxyl groups is 1. The molecule has 2 N–H and O–H groups in total. The van der Waals surface area contributed by atoms with E-state index in [2.05, 4.69) is 29.4 Å². The van der Waals surface area contributed by atoms with E-state index >= 15 is 0 Å². The second-order valence-electron chi connectivity index (χ2n) is 4.64. The maximum Gasteiger partial charge on any atom is 0.203 e. The Balaban J connectivity index is 2.11. The standard InChI is InChI=1S/C14H17N3OS/c1-9(2)11-4-5-13(18)12(6-11)7-15-17-14-16-10(3)8-19-14/h4-9,18H,1-3H3,(H,16,17). The highest BCUT2D eigenvalue weighted by Crippen LogP contribution is 2.22. The first kappa shape index (κ1) is 13.5. The molecule has 2 rings (SSSR count). The maximum atomic E-state index is 9.79. The Bertz CT molecular complexity index is 590. The first-order chi connectivity index (χ1) is 9.06. The zero-order chi connectivity index (χ0) is 13.8. The Morgan fingerprint density at radius 1 is 1.42 bits per heavy atom. The van der Waals surface area contributed by atoms with Gasteiger partial charge < -0.3 is 5.11 Å². The van der Waals surface area contributed by atoms with Gasteiger partial charge in [0.2, 0.25) is 5.13 Å². The number of benzene rings is 1. The van der Waals surface area contributed by atoms with Crippen LogP contribution in [-0.4, -0.2) is 16.3 Å². The predicted molar refractivity (Wildman–Crippen MR) is 80.3 cm³/mol. The molecular weight excluding hydrogens is 258 g/mol. The van der Waals surface area contributed by atoms with Gasteiger partial charge in [0.15, 0.2) is 0 Å². The van der Waals surface area contributed by atoms with E-state index < -0.39 is 0 Å². The molecule has 4 nitrogen and oxygen atoms in total. The van der Waals surface area contributed by atoms with Crippen LogP contribution in [0.25, 0.3) is 0 Å². The van der Waals surface area contributed by atoms with E-state index in [-0.39, 0.29) is 5.75 Å². The third-order valence-electron chi connectivity index (χ3n) is 2.70. The molecule has 0 aliphatic rings. The van der Waals surface area contributed by atoms with Gasteiger partial charge in [-0.25, -0.2) is 4.98 Å². The van der Waals surface area contributed by atoms with E-state index in [1.807, 2.05) is 24.4 Å². The highest BCUT2D eigenvalue weighted by molar-refractivity contribution is 7.13. The highest BCUT2D eigenvalue weighted by atomic mass is 32.1. The van der Waals surface area contributed by atoms with Gasteiger partial charge in [0.05, 0.1) is 11.9 Å². The summed E-state index contributed by atoms with van der Waals surface area (Å²) in [7, 11) is 0. The fourth-order valence-electron chi connectivity index (χ4n) is 1.60. The molecule has 0 bridgehead atoms. The molecular formula is C14H17N3OS. The van der Waals surface area contributed by atoms with E-state index in [1.165, 1.54) is 16.9 Å². The molecule has 5 heteroatoms. The van der Waals surface area contributed by atoms with Crippen molar-refractivity contribution in [1.29, 1.82) is 0 Å². The third kappa shape index (κ3) is 3.54. The number of hydrogen-bond acceptors (Lipinski definition) is 5. The highest BCUT2D eigenvalue weighted by Gasteiger charge is 2.03. The Morgan fingerprint density at radius 2 is 2.21 bits per heavy atom. The van der Waals surface area contributed by atoms with Crippen LogP contribution in [0.5, 0.6) is 5.75 Å². The molecule has 0 unspecified atom stereocenters. The van der Waals surface area contributed by atoms with E-state index in [9.17, 15) is 5.11 Å². The SMILES string of the molecule is Cc1csc(NN=Cc2cc(C(C)C)ccc2O)n1. The van der Waals surface area contributed by atoms with Crippen molar-refractivity contribution in [3.8, 4) is 5.75 Å². The lowest BCUT2D eigenvalue weighted by Crippen LogP contribution is -1.93. The van der Waals surface area contributed by atoms with Crippen LogP contribution < -0.4 is 5.43 Å².